The van der Waals surface area contributed by atoms with Gasteiger partial charge in [-0.3, -0.25) is 9.59 Å². The number of hydrogen-bond acceptors (Lipinski definition) is 8. The quantitative estimate of drug-likeness (QED) is 0.420. The van der Waals surface area contributed by atoms with Gasteiger partial charge >= 0.3 is 0 Å². The number of benzene rings is 1. The number of methoxy groups -OCH3 is 1. The number of ether oxygens (including phenoxy) is 2. The van der Waals surface area contributed by atoms with E-state index in [1.807, 2.05) is 37.8 Å². The van der Waals surface area contributed by atoms with Crippen LogP contribution in [0.1, 0.15) is 45.6 Å². The van der Waals surface area contributed by atoms with Crippen molar-refractivity contribution in [3.63, 3.8) is 0 Å². The van der Waals surface area contributed by atoms with Gasteiger partial charge in [-0.25, -0.2) is 4.68 Å². The molecular weight excluding hydrogens is 536 g/mol. The Morgan fingerprint density at radius 3 is 2.63 bits per heavy atom. The molecule has 2 aromatic rings. The number of carbonyl (C=O) groups is 2. The third-order valence-corrected chi connectivity index (χ3v) is 6.69. The molecule has 0 spiro atoms. The number of nitrogens with one attached hydrogen (secondary N) is 2. The van der Waals surface area contributed by atoms with E-state index in [4.69, 9.17) is 9.47 Å². The van der Waals surface area contributed by atoms with Crippen LogP contribution < -0.4 is 20.2 Å². The highest BCUT2D eigenvalue weighted by atomic mass is 79.9. The number of thioether (sulfide) groups is 1. The van der Waals surface area contributed by atoms with Crippen LogP contribution in [0.3, 0.4) is 0 Å². The molecule has 1 saturated heterocycles. The maximum Gasteiger partial charge on any atom is 0.260 e. The summed E-state index contributed by atoms with van der Waals surface area (Å²) in [7, 11) is 1.56. The van der Waals surface area contributed by atoms with E-state index < -0.39 is 0 Å². The molecule has 35 heavy (non-hydrogen) atoms. The summed E-state index contributed by atoms with van der Waals surface area (Å²) in [5.74, 6) is 1.17. The molecule has 2 N–H and O–H groups in total. The minimum Gasteiger partial charge on any atom is -0.493 e. The van der Waals surface area contributed by atoms with Gasteiger partial charge in [-0.2, -0.15) is 0 Å². The van der Waals surface area contributed by atoms with E-state index in [2.05, 4.69) is 36.9 Å². The lowest BCUT2D eigenvalue weighted by Crippen LogP contribution is -2.41. The van der Waals surface area contributed by atoms with Gasteiger partial charge in [0.2, 0.25) is 11.1 Å². The summed E-state index contributed by atoms with van der Waals surface area (Å²) in [5.41, 5.74) is 3.86. The molecular formula is C23H33BrN6O4S. The van der Waals surface area contributed by atoms with Crippen LogP contribution in [0.15, 0.2) is 28.1 Å². The minimum absolute atomic E-state index is 0.0155. The van der Waals surface area contributed by atoms with Gasteiger partial charge in [0, 0.05) is 18.6 Å². The predicted octanol–water partition coefficient (Wildman–Crippen LogP) is 3.19. The van der Waals surface area contributed by atoms with Gasteiger partial charge in [0.15, 0.2) is 18.1 Å². The van der Waals surface area contributed by atoms with Crippen molar-refractivity contribution in [1.82, 2.24) is 25.1 Å². The number of nitrogens with zero attached hydrogens (tertiary/aromatic N) is 4. The van der Waals surface area contributed by atoms with Crippen LogP contribution in [0.5, 0.6) is 11.5 Å². The molecule has 0 radical (unpaired) electrons. The van der Waals surface area contributed by atoms with Crippen LogP contribution in [-0.2, 0) is 16.1 Å². The van der Waals surface area contributed by atoms with Crippen molar-refractivity contribution in [2.24, 2.45) is 0 Å². The zero-order chi connectivity index (χ0) is 25.4. The van der Waals surface area contributed by atoms with E-state index in [9.17, 15) is 9.59 Å². The Morgan fingerprint density at radius 2 is 1.94 bits per heavy atom. The maximum absolute atomic E-state index is 12.5. The Bertz CT molecular complexity index is 1020. The summed E-state index contributed by atoms with van der Waals surface area (Å²) in [5, 5.41) is 11.5. The SMILES string of the molecule is COc1cc(CNn2cnnc2SCC(=O)NC(C)(C)C)cc(Br)c1OCC(=O)N1CCCCC1. The van der Waals surface area contributed by atoms with Gasteiger partial charge in [-0.1, -0.05) is 11.8 Å². The van der Waals surface area contributed by atoms with Crippen LogP contribution in [0.2, 0.25) is 0 Å². The Morgan fingerprint density at radius 1 is 1.20 bits per heavy atom. The van der Waals surface area contributed by atoms with Gasteiger partial charge in [0.1, 0.15) is 6.33 Å². The normalized spacial score (nSPS) is 13.9. The Labute approximate surface area is 218 Å². The molecule has 2 heterocycles. The minimum atomic E-state index is -0.285. The number of aromatic nitrogens is 3. The summed E-state index contributed by atoms with van der Waals surface area (Å²) < 4.78 is 13.7. The van der Waals surface area contributed by atoms with Crippen molar-refractivity contribution in [3.8, 4) is 11.5 Å². The molecule has 0 bridgehead atoms. The molecule has 1 aliphatic heterocycles. The first-order chi connectivity index (χ1) is 16.7. The van der Waals surface area contributed by atoms with Crippen molar-refractivity contribution in [2.45, 2.75) is 57.3 Å². The second kappa shape index (κ2) is 12.5. The van der Waals surface area contributed by atoms with Crippen LogP contribution in [-0.4, -0.2) is 69.7 Å². The summed E-state index contributed by atoms with van der Waals surface area (Å²) in [4.78, 5) is 26.4. The van der Waals surface area contributed by atoms with Gasteiger partial charge in [-0.05, 0) is 73.7 Å². The number of halogens is 1. The predicted molar refractivity (Wildman–Crippen MR) is 138 cm³/mol. The van der Waals surface area contributed by atoms with E-state index in [1.165, 1.54) is 18.2 Å². The highest BCUT2D eigenvalue weighted by molar-refractivity contribution is 9.10. The summed E-state index contributed by atoms with van der Waals surface area (Å²) in [6.07, 6.45) is 4.80. The molecule has 2 amide bonds. The number of carbonyl (C=O) groups excluding carboxylic acids is 2. The van der Waals surface area contributed by atoms with E-state index >= 15 is 0 Å². The molecule has 1 aromatic heterocycles. The third kappa shape index (κ3) is 8.31. The standard InChI is InChI=1S/C23H33BrN6O4S/c1-23(2,3)27-19(31)14-35-22-28-25-15-30(22)26-12-16-10-17(24)21(18(11-16)33-4)34-13-20(32)29-8-6-5-7-9-29/h10-11,15,26H,5-9,12-14H2,1-4H3,(H,27,31). The zero-order valence-corrected chi connectivity index (χ0v) is 23.0. The molecule has 1 fully saturated rings. The van der Waals surface area contributed by atoms with Gasteiger partial charge in [0.25, 0.3) is 5.91 Å². The van der Waals surface area contributed by atoms with E-state index in [0.717, 1.165) is 31.5 Å². The smallest absolute Gasteiger partial charge is 0.260 e. The number of hydrogen-bond donors (Lipinski definition) is 2. The largest absolute Gasteiger partial charge is 0.493 e. The summed E-state index contributed by atoms with van der Waals surface area (Å²) in [6.45, 7) is 7.81. The van der Waals surface area contributed by atoms with Gasteiger partial charge in [0.05, 0.1) is 23.9 Å². The van der Waals surface area contributed by atoms with Crippen molar-refractivity contribution in [2.75, 3.05) is 38.0 Å². The maximum atomic E-state index is 12.5. The highest BCUT2D eigenvalue weighted by Crippen LogP contribution is 2.37. The lowest BCUT2D eigenvalue weighted by Gasteiger charge is -2.26. The Balaban J connectivity index is 1.58. The first-order valence-corrected chi connectivity index (χ1v) is 13.3. The molecule has 0 unspecified atom stereocenters. The lowest BCUT2D eigenvalue weighted by molar-refractivity contribution is -0.134. The Kier molecular flexibility index (Phi) is 9.67. The molecule has 1 aromatic carbocycles. The molecule has 0 aliphatic carbocycles. The summed E-state index contributed by atoms with van der Waals surface area (Å²) in [6, 6.07) is 3.76. The second-order valence-corrected chi connectivity index (χ2v) is 11.0. The Hall–Kier alpha value is -2.47. The van der Waals surface area contributed by atoms with Crippen molar-refractivity contribution >= 4 is 39.5 Å². The first kappa shape index (κ1) is 27.1. The van der Waals surface area contributed by atoms with E-state index in [0.29, 0.717) is 27.7 Å². The van der Waals surface area contributed by atoms with Crippen LogP contribution in [0, 0.1) is 0 Å². The molecule has 0 saturated carbocycles. The highest BCUT2D eigenvalue weighted by Gasteiger charge is 2.20. The van der Waals surface area contributed by atoms with Crippen LogP contribution >= 0.6 is 27.7 Å². The fourth-order valence-corrected chi connectivity index (χ4v) is 4.87. The number of amides is 2. The topological polar surface area (TPSA) is 111 Å². The first-order valence-electron chi connectivity index (χ1n) is 11.5. The van der Waals surface area contributed by atoms with Crippen LogP contribution in [0.25, 0.3) is 0 Å². The molecule has 10 nitrogen and oxygen atoms in total. The molecule has 3 rings (SSSR count). The van der Waals surface area contributed by atoms with Crippen molar-refractivity contribution in [1.29, 1.82) is 0 Å². The van der Waals surface area contributed by atoms with Crippen LogP contribution in [0.4, 0.5) is 0 Å². The average Bonchev–Trinajstić information content (AvgIpc) is 3.27. The molecule has 1 aliphatic rings. The third-order valence-electron chi connectivity index (χ3n) is 5.15. The van der Waals surface area contributed by atoms with Gasteiger partial charge < -0.3 is 25.1 Å². The summed E-state index contributed by atoms with van der Waals surface area (Å²) >= 11 is 4.84. The fraction of sp³-hybridized carbons (Fsp3) is 0.565. The lowest BCUT2D eigenvalue weighted by atomic mass is 10.1. The monoisotopic (exact) mass is 568 g/mol. The second-order valence-electron chi connectivity index (χ2n) is 9.24. The van der Waals surface area contributed by atoms with Crippen molar-refractivity contribution in [3.05, 3.63) is 28.5 Å². The van der Waals surface area contributed by atoms with E-state index in [-0.39, 0.29) is 29.7 Å². The van der Waals surface area contributed by atoms with Crippen molar-refractivity contribution < 1.29 is 19.1 Å². The number of piperidine rings is 1. The average molecular weight is 570 g/mol. The van der Waals surface area contributed by atoms with E-state index in [1.54, 1.807) is 18.1 Å². The molecule has 0 atom stereocenters. The fourth-order valence-electron chi connectivity index (χ4n) is 3.58. The molecule has 192 valence electrons. The van der Waals surface area contributed by atoms with Gasteiger partial charge in [-0.15, -0.1) is 10.2 Å². The number of rotatable bonds is 10. The molecule has 12 heteroatoms. The zero-order valence-electron chi connectivity index (χ0n) is 20.6. The number of likely N-dealkylation sites (tertiary alicyclic amines) is 1.